The first-order valence-corrected chi connectivity index (χ1v) is 28.1. The van der Waals surface area contributed by atoms with Crippen molar-refractivity contribution in [1.29, 1.82) is 0 Å². The van der Waals surface area contributed by atoms with Crippen LogP contribution in [0.5, 0.6) is 0 Å². The van der Waals surface area contributed by atoms with Crippen LogP contribution in [0.1, 0.15) is 195 Å². The molecule has 0 saturated carbocycles. The number of amides is 9. The van der Waals surface area contributed by atoms with Gasteiger partial charge in [-0.15, -0.1) is 0 Å². The van der Waals surface area contributed by atoms with Crippen molar-refractivity contribution in [3.8, 4) is 0 Å². The molecular formula is C56H106N10O10. The molecule has 0 rings (SSSR count). The van der Waals surface area contributed by atoms with E-state index in [0.29, 0.717) is 25.3 Å². The predicted molar refractivity (Wildman–Crippen MR) is 299 cm³/mol. The molecule has 20 nitrogen and oxygen atoms in total. The van der Waals surface area contributed by atoms with E-state index in [0.717, 1.165) is 38.5 Å². The highest BCUT2D eigenvalue weighted by molar-refractivity contribution is 6.00. The molecule has 0 spiro atoms. The highest BCUT2D eigenvalue weighted by Crippen LogP contribution is 2.20. The van der Waals surface area contributed by atoms with Gasteiger partial charge in [0.1, 0.15) is 40.8 Å². The van der Waals surface area contributed by atoms with Crippen LogP contribution < -0.4 is 47.9 Å². The van der Waals surface area contributed by atoms with Gasteiger partial charge in [-0.25, -0.2) is 0 Å². The predicted octanol–water partition coefficient (Wildman–Crippen LogP) is 4.11. The zero-order chi connectivity index (χ0) is 58.9. The van der Waals surface area contributed by atoms with Crippen molar-refractivity contribution in [2.45, 2.75) is 248 Å². The van der Waals surface area contributed by atoms with Gasteiger partial charge in [-0.2, -0.15) is 0 Å². The number of rotatable bonds is 37. The Balaban J connectivity index is 6.28. The number of carbonyl (C=O) groups is 9. The Kier molecular flexibility index (Phi) is 31.9. The number of nitrogens with zero attached hydrogens (tertiary/aromatic N) is 1. The minimum absolute atomic E-state index is 0.0288. The average molecular weight is 1080 g/mol. The van der Waals surface area contributed by atoms with Gasteiger partial charge in [0.05, 0.1) is 6.10 Å². The lowest BCUT2D eigenvalue weighted by Gasteiger charge is -2.34. The van der Waals surface area contributed by atoms with Crippen LogP contribution in [0, 0.1) is 29.6 Å². The molecule has 0 bridgehead atoms. The summed E-state index contributed by atoms with van der Waals surface area (Å²) >= 11 is 0. The molecule has 0 aromatic rings. The number of likely N-dealkylation sites (N-methyl/N-ethyl adjacent to an activating group) is 1. The van der Waals surface area contributed by atoms with Crippen molar-refractivity contribution in [1.82, 2.24) is 52.8 Å². The van der Waals surface area contributed by atoms with Crippen LogP contribution in [0.2, 0.25) is 0 Å². The summed E-state index contributed by atoms with van der Waals surface area (Å²) in [6, 6.07) is -4.94. The Morgan fingerprint density at radius 2 is 1.01 bits per heavy atom. The Morgan fingerprint density at radius 3 is 1.54 bits per heavy atom. The second kappa shape index (κ2) is 34.1. The number of unbranched alkanes of at least 4 members (excludes halogenated alkanes) is 5. The second-order valence-corrected chi connectivity index (χ2v) is 24.4. The Morgan fingerprint density at radius 1 is 0.513 bits per heavy atom. The van der Waals surface area contributed by atoms with E-state index in [-0.39, 0.29) is 67.8 Å². The van der Waals surface area contributed by atoms with Crippen molar-refractivity contribution >= 4 is 53.2 Å². The number of aliphatic hydroxyl groups excluding tert-OH is 1. The summed E-state index contributed by atoms with van der Waals surface area (Å²) in [5.74, 6) is -5.78. The summed E-state index contributed by atoms with van der Waals surface area (Å²) in [7, 11) is 3.79. The first kappa shape index (κ1) is 71.2. The van der Waals surface area contributed by atoms with Gasteiger partial charge in [-0.3, -0.25) is 43.2 Å². The lowest BCUT2D eigenvalue weighted by atomic mass is 9.90. The quantitative estimate of drug-likeness (QED) is 0.0395. The molecule has 0 aliphatic carbocycles. The van der Waals surface area contributed by atoms with Gasteiger partial charge in [0.25, 0.3) is 0 Å². The van der Waals surface area contributed by atoms with E-state index in [1.54, 1.807) is 13.8 Å². The van der Waals surface area contributed by atoms with E-state index in [1.807, 2.05) is 60.5 Å². The average Bonchev–Trinajstić information content (AvgIpc) is 3.28. The maximum absolute atomic E-state index is 14.2. The van der Waals surface area contributed by atoms with E-state index in [4.69, 9.17) is 0 Å². The van der Waals surface area contributed by atoms with Crippen molar-refractivity contribution in [3.63, 3.8) is 0 Å². The topological polar surface area (TPSA) is 285 Å². The third-order valence-electron chi connectivity index (χ3n) is 13.6. The number of carbonyl (C=O) groups excluding carboxylic acids is 9. The van der Waals surface area contributed by atoms with Crippen LogP contribution in [-0.4, -0.2) is 143 Å². The van der Waals surface area contributed by atoms with Crippen LogP contribution in [0.25, 0.3) is 0 Å². The summed E-state index contributed by atoms with van der Waals surface area (Å²) in [6.45, 7) is 30.3. The summed E-state index contributed by atoms with van der Waals surface area (Å²) in [5, 5.41) is 36.1. The van der Waals surface area contributed by atoms with Gasteiger partial charge in [-0.05, 0) is 111 Å². The molecule has 0 aliphatic rings. The van der Waals surface area contributed by atoms with Crippen molar-refractivity contribution in [3.05, 3.63) is 0 Å². The van der Waals surface area contributed by atoms with E-state index in [2.05, 4.69) is 68.6 Å². The molecule has 10 N–H and O–H groups in total. The molecule has 8 atom stereocenters. The molecule has 0 radical (unpaired) electrons. The number of nitrogens with one attached hydrogen (secondary N) is 9. The number of hydrogen-bond donors (Lipinski definition) is 10. The number of hydrogen-bond acceptors (Lipinski definition) is 11. The van der Waals surface area contributed by atoms with Gasteiger partial charge >= 0.3 is 0 Å². The largest absolute Gasteiger partial charge is 0.390 e. The first-order chi connectivity index (χ1) is 35.0. The molecule has 0 fully saturated rings. The molecular weight excluding hydrogens is 973 g/mol. The molecule has 0 aromatic carbocycles. The Labute approximate surface area is 457 Å². The lowest BCUT2D eigenvalue weighted by molar-refractivity contribution is -0.140. The summed E-state index contributed by atoms with van der Waals surface area (Å²) in [4.78, 5) is 125. The highest BCUT2D eigenvalue weighted by Gasteiger charge is 2.41. The summed E-state index contributed by atoms with van der Waals surface area (Å²) in [6.07, 6.45) is 6.11. The molecule has 9 amide bonds. The summed E-state index contributed by atoms with van der Waals surface area (Å²) < 4.78 is 0. The molecule has 1 unspecified atom stereocenters. The maximum Gasteiger partial charge on any atom is 0.246 e. The highest BCUT2D eigenvalue weighted by atomic mass is 16.3. The van der Waals surface area contributed by atoms with Crippen LogP contribution in [0.15, 0.2) is 0 Å². The zero-order valence-electron chi connectivity index (χ0n) is 50.3. The van der Waals surface area contributed by atoms with Gasteiger partial charge < -0.3 is 57.9 Å². The Hall–Kier alpha value is -4.85. The zero-order valence-corrected chi connectivity index (χ0v) is 50.3. The third-order valence-corrected chi connectivity index (χ3v) is 13.6. The van der Waals surface area contributed by atoms with E-state index < -0.39 is 94.2 Å². The molecule has 0 aromatic heterocycles. The fourth-order valence-electron chi connectivity index (χ4n) is 8.35. The van der Waals surface area contributed by atoms with Crippen LogP contribution in [0.4, 0.5) is 0 Å². The smallest absolute Gasteiger partial charge is 0.246 e. The van der Waals surface area contributed by atoms with Gasteiger partial charge in [-0.1, -0.05) is 114 Å². The molecule has 0 heterocycles. The van der Waals surface area contributed by atoms with Crippen LogP contribution in [-0.2, 0) is 43.2 Å². The minimum Gasteiger partial charge on any atom is -0.390 e. The van der Waals surface area contributed by atoms with Crippen LogP contribution >= 0.6 is 0 Å². The van der Waals surface area contributed by atoms with Crippen molar-refractivity contribution in [2.24, 2.45) is 29.6 Å². The standard InChI is InChI=1S/C56H106N10O10/c1-20-22-23-24-25-26-27-40(59-44(68)32-38(10)37(9)21-2)47(70)62-45(46(69)36(7)8)50(73)64-55(14,15)52(75)61-41(30-34(3)4)48(71)60-42(31-35(5)6)49(72)63-56(16,17)53(76)65-54(12,13)51(74)57-29-28-43(67)58-39(11)33-66(18)19/h34-42,45-46,69H,20-33H2,1-19H3,(H,57,74)(H,58,67)(H,59,68)(H,60,71)(H,61,75)(H,62,70)(H,63,72)(H,64,73)(H,65,76)/t37-,38?,39-,40-,41-,42-,45-,46+/m0/s1. The monoisotopic (exact) mass is 1080 g/mol. The van der Waals surface area contributed by atoms with Gasteiger partial charge in [0.2, 0.25) is 53.2 Å². The SMILES string of the molecule is CCCCCCCC[C@H](NC(=O)CC(C)[C@@H](C)CC)C(=O)N[C@H](C(=O)NC(C)(C)C(=O)N[C@@H](CC(C)C)C(=O)N[C@@H](CC(C)C)C(=O)NC(C)(C)C(=O)NC(C)(C)C(=O)NCCC(=O)N[C@@H](C)CN(C)C)[C@H](O)C(C)C. The van der Waals surface area contributed by atoms with E-state index in [9.17, 15) is 48.3 Å². The molecule has 20 heteroatoms. The molecule has 0 aliphatic heterocycles. The van der Waals surface area contributed by atoms with Gasteiger partial charge in [0.15, 0.2) is 0 Å². The normalized spacial score (nSPS) is 15.3. The lowest BCUT2D eigenvalue weighted by Crippen LogP contribution is -2.66. The van der Waals surface area contributed by atoms with Crippen molar-refractivity contribution < 1.29 is 48.3 Å². The third kappa shape index (κ3) is 27.5. The van der Waals surface area contributed by atoms with E-state index in [1.165, 1.54) is 41.5 Å². The first-order valence-electron chi connectivity index (χ1n) is 28.1. The molecule has 0 saturated heterocycles. The van der Waals surface area contributed by atoms with Gasteiger partial charge in [0, 0.05) is 32.0 Å². The van der Waals surface area contributed by atoms with Crippen LogP contribution in [0.3, 0.4) is 0 Å². The number of aliphatic hydroxyl groups is 1. The fourth-order valence-corrected chi connectivity index (χ4v) is 8.35. The Bertz CT molecular complexity index is 1870. The summed E-state index contributed by atoms with van der Waals surface area (Å²) in [5.41, 5.74) is -4.74. The molecule has 440 valence electrons. The minimum atomic E-state index is -1.71. The molecule has 76 heavy (non-hydrogen) atoms. The second-order valence-electron chi connectivity index (χ2n) is 24.4. The maximum atomic E-state index is 14.2. The van der Waals surface area contributed by atoms with Crippen molar-refractivity contribution in [2.75, 3.05) is 27.2 Å². The van der Waals surface area contributed by atoms with E-state index >= 15 is 0 Å². The fraction of sp³-hybridized carbons (Fsp3) is 0.839.